The van der Waals surface area contributed by atoms with E-state index in [1.165, 1.54) is 0 Å². The van der Waals surface area contributed by atoms with E-state index in [9.17, 15) is 5.11 Å². The Labute approximate surface area is 117 Å². The molecule has 2 rings (SSSR count). The minimum absolute atomic E-state index is 0.541. The second kappa shape index (κ2) is 5.75. The maximum absolute atomic E-state index is 10.3. The topological polar surface area (TPSA) is 20.2 Å². The molecule has 1 N–H and O–H groups in total. The average Bonchev–Trinajstić information content (AvgIpc) is 2.28. The molecule has 1 unspecified atom stereocenters. The van der Waals surface area contributed by atoms with Gasteiger partial charge in [-0.25, -0.2) is 0 Å². The fraction of sp³-hybridized carbons (Fsp3) is 0.200. The lowest BCUT2D eigenvalue weighted by Crippen LogP contribution is -2.03. The van der Waals surface area contributed by atoms with Crippen LogP contribution in [0.3, 0.4) is 0 Å². The molecule has 3 heteroatoms. The zero-order valence-corrected chi connectivity index (χ0v) is 11.5. The Hall–Kier alpha value is -1.02. The summed E-state index contributed by atoms with van der Waals surface area (Å²) in [6.07, 6.45) is 0.00369. The van der Waals surface area contributed by atoms with Crippen LogP contribution in [-0.2, 0) is 6.42 Å². The summed E-state index contributed by atoms with van der Waals surface area (Å²) in [6, 6.07) is 13.1. The zero-order valence-electron chi connectivity index (χ0n) is 10.0. The van der Waals surface area contributed by atoms with Crippen molar-refractivity contribution in [3.8, 4) is 0 Å². The second-order valence-corrected chi connectivity index (χ2v) is 5.22. The second-order valence-electron chi connectivity index (χ2n) is 4.35. The van der Waals surface area contributed by atoms with E-state index in [0.717, 1.165) is 16.7 Å². The van der Waals surface area contributed by atoms with Crippen LogP contribution in [0.1, 0.15) is 22.8 Å². The van der Waals surface area contributed by atoms with Gasteiger partial charge >= 0.3 is 0 Å². The molecule has 0 spiro atoms. The van der Waals surface area contributed by atoms with Crippen LogP contribution in [0.4, 0.5) is 0 Å². The normalized spacial score (nSPS) is 12.4. The molecule has 94 valence electrons. The van der Waals surface area contributed by atoms with Gasteiger partial charge in [0.05, 0.1) is 6.10 Å². The van der Waals surface area contributed by atoms with Crippen molar-refractivity contribution in [1.82, 2.24) is 0 Å². The van der Waals surface area contributed by atoms with Gasteiger partial charge in [0.15, 0.2) is 0 Å². The van der Waals surface area contributed by atoms with Crippen LogP contribution in [0, 0.1) is 6.92 Å². The van der Waals surface area contributed by atoms with Crippen molar-refractivity contribution >= 4 is 23.2 Å². The Morgan fingerprint density at radius 2 is 1.78 bits per heavy atom. The van der Waals surface area contributed by atoms with E-state index >= 15 is 0 Å². The number of aliphatic hydroxyl groups is 1. The first kappa shape index (κ1) is 13.4. The van der Waals surface area contributed by atoms with Crippen molar-refractivity contribution in [3.63, 3.8) is 0 Å². The smallest absolute Gasteiger partial charge is 0.0832 e. The quantitative estimate of drug-likeness (QED) is 0.873. The highest BCUT2D eigenvalue weighted by Gasteiger charge is 2.11. The molecule has 0 aliphatic carbocycles. The maximum Gasteiger partial charge on any atom is 0.0832 e. The minimum Gasteiger partial charge on any atom is -0.388 e. The largest absolute Gasteiger partial charge is 0.388 e. The van der Waals surface area contributed by atoms with Crippen molar-refractivity contribution in [2.45, 2.75) is 19.4 Å². The lowest BCUT2D eigenvalue weighted by Gasteiger charge is -2.14. The SMILES string of the molecule is Cc1cc(Cl)ccc1C(O)Cc1cccc(Cl)c1. The molecule has 0 amide bonds. The number of halogens is 2. The number of aryl methyl sites for hydroxylation is 1. The summed E-state index contributed by atoms with van der Waals surface area (Å²) in [5, 5.41) is 11.6. The Balaban J connectivity index is 2.19. The van der Waals surface area contributed by atoms with Crippen molar-refractivity contribution in [1.29, 1.82) is 0 Å². The number of benzene rings is 2. The van der Waals surface area contributed by atoms with Gasteiger partial charge in [-0.05, 0) is 47.9 Å². The van der Waals surface area contributed by atoms with Crippen molar-refractivity contribution in [2.75, 3.05) is 0 Å². The molecule has 2 aromatic carbocycles. The molecule has 2 aromatic rings. The Bertz CT molecular complexity index is 552. The third-order valence-electron chi connectivity index (χ3n) is 2.91. The van der Waals surface area contributed by atoms with Gasteiger partial charge < -0.3 is 5.11 Å². The third-order valence-corrected chi connectivity index (χ3v) is 3.38. The fourth-order valence-corrected chi connectivity index (χ4v) is 2.45. The monoisotopic (exact) mass is 280 g/mol. The molecular formula is C15H14Cl2O. The van der Waals surface area contributed by atoms with Gasteiger partial charge in [0.25, 0.3) is 0 Å². The summed E-state index contributed by atoms with van der Waals surface area (Å²) in [5.74, 6) is 0. The summed E-state index contributed by atoms with van der Waals surface area (Å²) in [6.45, 7) is 1.95. The Morgan fingerprint density at radius 3 is 2.44 bits per heavy atom. The van der Waals surface area contributed by atoms with Gasteiger partial charge in [-0.3, -0.25) is 0 Å². The summed E-state index contributed by atoms with van der Waals surface area (Å²) < 4.78 is 0. The molecule has 0 aliphatic rings. The van der Waals surface area contributed by atoms with Crippen LogP contribution in [0.25, 0.3) is 0 Å². The lowest BCUT2D eigenvalue weighted by molar-refractivity contribution is 0.178. The molecule has 0 radical (unpaired) electrons. The highest BCUT2D eigenvalue weighted by Crippen LogP contribution is 2.25. The molecule has 18 heavy (non-hydrogen) atoms. The summed E-state index contributed by atoms with van der Waals surface area (Å²) in [5.41, 5.74) is 2.92. The fourth-order valence-electron chi connectivity index (χ4n) is 2.01. The van der Waals surface area contributed by atoms with Gasteiger partial charge in [0.2, 0.25) is 0 Å². The highest BCUT2D eigenvalue weighted by atomic mass is 35.5. The Morgan fingerprint density at radius 1 is 1.06 bits per heavy atom. The van der Waals surface area contributed by atoms with Crippen molar-refractivity contribution < 1.29 is 5.11 Å². The molecule has 0 saturated carbocycles. The Kier molecular flexibility index (Phi) is 4.28. The van der Waals surface area contributed by atoms with E-state index in [1.54, 1.807) is 6.07 Å². The molecule has 0 saturated heterocycles. The van der Waals surface area contributed by atoms with Crippen LogP contribution in [0.15, 0.2) is 42.5 Å². The summed E-state index contributed by atoms with van der Waals surface area (Å²) in [7, 11) is 0. The molecule has 0 aromatic heterocycles. The van der Waals surface area contributed by atoms with Crippen molar-refractivity contribution in [3.05, 3.63) is 69.2 Å². The van der Waals surface area contributed by atoms with Gasteiger partial charge in [0.1, 0.15) is 0 Å². The molecule has 0 bridgehead atoms. The van der Waals surface area contributed by atoms with Gasteiger partial charge in [-0.1, -0.05) is 41.4 Å². The van der Waals surface area contributed by atoms with E-state index in [1.807, 2.05) is 43.3 Å². The van der Waals surface area contributed by atoms with Gasteiger partial charge in [-0.15, -0.1) is 0 Å². The molecule has 0 heterocycles. The maximum atomic E-state index is 10.3. The average molecular weight is 281 g/mol. The van der Waals surface area contributed by atoms with E-state index in [0.29, 0.717) is 16.5 Å². The number of aliphatic hydroxyl groups excluding tert-OH is 1. The van der Waals surface area contributed by atoms with Crippen LogP contribution < -0.4 is 0 Å². The van der Waals surface area contributed by atoms with E-state index in [-0.39, 0.29) is 0 Å². The lowest BCUT2D eigenvalue weighted by atomic mass is 9.98. The molecule has 1 atom stereocenters. The van der Waals surface area contributed by atoms with E-state index < -0.39 is 6.10 Å². The van der Waals surface area contributed by atoms with Gasteiger partial charge in [0, 0.05) is 16.5 Å². The number of hydrogen-bond donors (Lipinski definition) is 1. The van der Waals surface area contributed by atoms with E-state index in [4.69, 9.17) is 23.2 Å². The zero-order chi connectivity index (χ0) is 13.1. The third kappa shape index (κ3) is 3.26. The predicted molar refractivity (Wildman–Crippen MR) is 76.3 cm³/mol. The van der Waals surface area contributed by atoms with Crippen molar-refractivity contribution in [2.24, 2.45) is 0 Å². The van der Waals surface area contributed by atoms with Crippen LogP contribution >= 0.6 is 23.2 Å². The first-order valence-corrected chi connectivity index (χ1v) is 6.50. The summed E-state index contributed by atoms with van der Waals surface area (Å²) >= 11 is 11.8. The molecule has 0 fully saturated rings. The molecular weight excluding hydrogens is 267 g/mol. The van der Waals surface area contributed by atoms with Crippen LogP contribution in [0.5, 0.6) is 0 Å². The van der Waals surface area contributed by atoms with Gasteiger partial charge in [-0.2, -0.15) is 0 Å². The summed E-state index contributed by atoms with van der Waals surface area (Å²) in [4.78, 5) is 0. The first-order chi connectivity index (χ1) is 8.56. The molecule has 1 nitrogen and oxygen atoms in total. The highest BCUT2D eigenvalue weighted by molar-refractivity contribution is 6.30. The molecule has 0 aliphatic heterocycles. The van der Waals surface area contributed by atoms with E-state index in [2.05, 4.69) is 0 Å². The first-order valence-electron chi connectivity index (χ1n) is 5.75. The van der Waals surface area contributed by atoms with Crippen LogP contribution in [0.2, 0.25) is 10.0 Å². The minimum atomic E-state index is -0.541. The number of hydrogen-bond acceptors (Lipinski definition) is 1. The number of rotatable bonds is 3. The predicted octanol–water partition coefficient (Wildman–Crippen LogP) is 4.58. The van der Waals surface area contributed by atoms with Crippen LogP contribution in [-0.4, -0.2) is 5.11 Å². The standard InChI is InChI=1S/C15H14Cl2O/c1-10-7-13(17)5-6-14(10)15(18)9-11-3-2-4-12(16)8-11/h2-8,15,18H,9H2,1H3.